The van der Waals surface area contributed by atoms with Gasteiger partial charge in [0, 0.05) is 50.5 Å². The number of nitrogens with one attached hydrogen (secondary N) is 1. The van der Waals surface area contributed by atoms with Crippen molar-refractivity contribution >= 4 is 28.4 Å². The minimum absolute atomic E-state index is 0.0166. The van der Waals surface area contributed by atoms with Gasteiger partial charge >= 0.3 is 6.09 Å². The number of carbonyl (C=O) groups excluding carboxylic acids is 1. The first-order chi connectivity index (χ1) is 18.1. The monoisotopic (exact) mass is 532 g/mol. The number of amides is 1. The number of pyridine rings is 1. The average Bonchev–Trinajstić information content (AvgIpc) is 3.71. The minimum Gasteiger partial charge on any atom is -0.446 e. The largest absolute Gasteiger partial charge is 0.446 e. The Balaban J connectivity index is 1.46. The van der Waals surface area contributed by atoms with Gasteiger partial charge in [0.1, 0.15) is 23.6 Å². The van der Waals surface area contributed by atoms with Crippen LogP contribution < -0.4 is 15.8 Å². The van der Waals surface area contributed by atoms with E-state index in [0.29, 0.717) is 42.9 Å². The zero-order valence-corrected chi connectivity index (χ0v) is 21.0. The number of aromatic nitrogens is 1. The van der Waals surface area contributed by atoms with Gasteiger partial charge in [-0.2, -0.15) is 0 Å². The summed E-state index contributed by atoms with van der Waals surface area (Å²) < 4.78 is 62.1. The summed E-state index contributed by atoms with van der Waals surface area (Å²) in [6.07, 6.45) is -1.44. The van der Waals surface area contributed by atoms with Crippen LogP contribution in [0.2, 0.25) is 0 Å². The van der Waals surface area contributed by atoms with Crippen LogP contribution in [0.5, 0.6) is 0 Å². The normalized spacial score (nSPS) is 16.7. The number of fused-ring (bicyclic) bond motifs is 1. The van der Waals surface area contributed by atoms with Crippen molar-refractivity contribution in [3.63, 3.8) is 0 Å². The topological polar surface area (TPSA) is 66.8 Å². The Kier molecular flexibility index (Phi) is 6.93. The van der Waals surface area contributed by atoms with Crippen molar-refractivity contribution in [2.75, 3.05) is 36.4 Å². The zero-order valence-electron chi connectivity index (χ0n) is 21.0. The number of nitrogens with zero attached hydrogens (tertiary/aromatic N) is 3. The molecule has 1 N–H and O–H groups in total. The number of halogens is 4. The fourth-order valence-electron chi connectivity index (χ4n) is 4.83. The van der Waals surface area contributed by atoms with Gasteiger partial charge in [0.25, 0.3) is 12.0 Å². The Bertz CT molecular complexity index is 1430. The van der Waals surface area contributed by atoms with Crippen molar-refractivity contribution in [1.82, 2.24) is 9.47 Å². The molecule has 38 heavy (non-hydrogen) atoms. The Morgan fingerprint density at radius 1 is 0.974 bits per heavy atom. The summed E-state index contributed by atoms with van der Waals surface area (Å²) in [6.45, 7) is 3.45. The molecular formula is C27H28F4N4O3. The zero-order chi connectivity index (χ0) is 27.1. The summed E-state index contributed by atoms with van der Waals surface area (Å²) in [7, 11) is 1.60. The number of carbonyl (C=O) groups is 1. The van der Waals surface area contributed by atoms with Gasteiger partial charge < -0.3 is 19.9 Å². The second kappa shape index (κ2) is 10.2. The summed E-state index contributed by atoms with van der Waals surface area (Å²) in [5, 5.41) is 3.56. The second-order valence-electron chi connectivity index (χ2n) is 9.78. The summed E-state index contributed by atoms with van der Waals surface area (Å²) in [5.74, 6) is -0.835. The lowest BCUT2D eigenvalue weighted by atomic mass is 9.99. The molecule has 202 valence electrons. The van der Waals surface area contributed by atoms with Crippen molar-refractivity contribution in [3.05, 3.63) is 69.5 Å². The SMILES string of the molecule is C[C@@H](Nc1ccc(F)cc1C(F)F)c1cc(F)cc2c(=O)n(C)c(N3CCN(C(=O)OC4CC4)CC3)cc12. The maximum absolute atomic E-state index is 14.6. The highest BCUT2D eigenvalue weighted by atomic mass is 19.3. The van der Waals surface area contributed by atoms with Crippen molar-refractivity contribution in [1.29, 1.82) is 0 Å². The third kappa shape index (κ3) is 5.14. The van der Waals surface area contributed by atoms with Crippen molar-refractivity contribution in [2.45, 2.75) is 38.3 Å². The van der Waals surface area contributed by atoms with Crippen LogP contribution in [0.1, 0.15) is 43.4 Å². The molecule has 11 heteroatoms. The molecule has 2 aromatic carbocycles. The van der Waals surface area contributed by atoms with Gasteiger partial charge in [-0.3, -0.25) is 9.36 Å². The number of ether oxygens (including phenoxy) is 1. The van der Waals surface area contributed by atoms with Gasteiger partial charge in [-0.25, -0.2) is 22.4 Å². The van der Waals surface area contributed by atoms with E-state index < -0.39 is 35.2 Å². The number of benzene rings is 2. The van der Waals surface area contributed by atoms with Crippen LogP contribution in [-0.4, -0.2) is 47.8 Å². The first-order valence-corrected chi connectivity index (χ1v) is 12.5. The molecule has 0 spiro atoms. The van der Waals surface area contributed by atoms with E-state index in [-0.39, 0.29) is 23.3 Å². The minimum atomic E-state index is -2.91. The number of alkyl halides is 2. The molecular weight excluding hydrogens is 504 g/mol. The van der Waals surface area contributed by atoms with Crippen LogP contribution in [0.15, 0.2) is 41.2 Å². The van der Waals surface area contributed by atoms with Gasteiger partial charge in [0.15, 0.2) is 0 Å². The number of rotatable bonds is 6. The highest BCUT2D eigenvalue weighted by molar-refractivity contribution is 5.88. The van der Waals surface area contributed by atoms with Crippen LogP contribution in [0.4, 0.5) is 33.9 Å². The first-order valence-electron chi connectivity index (χ1n) is 12.5. The van der Waals surface area contributed by atoms with E-state index in [2.05, 4.69) is 5.32 Å². The van der Waals surface area contributed by atoms with Gasteiger partial charge in [-0.1, -0.05) is 0 Å². The summed E-state index contributed by atoms with van der Waals surface area (Å²) in [6, 6.07) is 6.56. The predicted octanol–water partition coefficient (Wildman–Crippen LogP) is 5.35. The lowest BCUT2D eigenvalue weighted by Crippen LogP contribution is -2.50. The van der Waals surface area contributed by atoms with Crippen LogP contribution in [0.3, 0.4) is 0 Å². The third-order valence-electron chi connectivity index (χ3n) is 7.07. The average molecular weight is 533 g/mol. The molecule has 7 nitrogen and oxygen atoms in total. The molecule has 0 radical (unpaired) electrons. The maximum Gasteiger partial charge on any atom is 0.410 e. The molecule has 1 aliphatic heterocycles. The third-order valence-corrected chi connectivity index (χ3v) is 7.07. The molecule has 0 bridgehead atoms. The van der Waals surface area contributed by atoms with Crippen LogP contribution in [-0.2, 0) is 11.8 Å². The van der Waals surface area contributed by atoms with Crippen LogP contribution in [0, 0.1) is 11.6 Å². The molecule has 1 amide bonds. The fraction of sp³-hybridized carbons (Fsp3) is 0.407. The van der Waals surface area contributed by atoms with Crippen molar-refractivity contribution < 1.29 is 27.1 Å². The lowest BCUT2D eigenvalue weighted by molar-refractivity contribution is 0.0938. The molecule has 2 fully saturated rings. The number of hydrogen-bond donors (Lipinski definition) is 1. The molecule has 3 aromatic rings. The van der Waals surface area contributed by atoms with Crippen molar-refractivity contribution in [3.8, 4) is 0 Å². The number of hydrogen-bond acceptors (Lipinski definition) is 5. The van der Waals surface area contributed by atoms with Gasteiger partial charge in [0.2, 0.25) is 0 Å². The second-order valence-corrected chi connectivity index (χ2v) is 9.78. The van der Waals surface area contributed by atoms with E-state index in [1.807, 2.05) is 4.90 Å². The molecule has 5 rings (SSSR count). The molecule has 1 atom stereocenters. The quantitative estimate of drug-likeness (QED) is 0.434. The molecule has 2 heterocycles. The highest BCUT2D eigenvalue weighted by Gasteiger charge is 2.31. The van der Waals surface area contributed by atoms with E-state index in [1.165, 1.54) is 16.7 Å². The van der Waals surface area contributed by atoms with E-state index in [9.17, 15) is 27.2 Å². The molecule has 0 unspecified atom stereocenters. The van der Waals surface area contributed by atoms with E-state index in [1.54, 1.807) is 24.9 Å². The standard InChI is InChI=1S/C27H28F4N4O3/c1-15(32-23-6-3-16(28)11-22(23)25(30)31)19-12-17(29)13-21-20(19)14-24(33(2)26(21)36)34-7-9-35(10-8-34)27(37)38-18-4-5-18/h3,6,11-15,18,25,32H,4-5,7-10H2,1-2H3/t15-/m1/s1. The Labute approximate surface area is 216 Å². The Morgan fingerprint density at radius 2 is 1.66 bits per heavy atom. The summed E-state index contributed by atoms with van der Waals surface area (Å²) in [5.41, 5.74) is -0.497. The smallest absolute Gasteiger partial charge is 0.410 e. The maximum atomic E-state index is 14.6. The van der Waals surface area contributed by atoms with E-state index >= 15 is 0 Å². The molecule has 1 aromatic heterocycles. The summed E-state index contributed by atoms with van der Waals surface area (Å²) in [4.78, 5) is 29.2. The molecule has 1 saturated heterocycles. The summed E-state index contributed by atoms with van der Waals surface area (Å²) >= 11 is 0. The van der Waals surface area contributed by atoms with E-state index in [4.69, 9.17) is 4.74 Å². The highest BCUT2D eigenvalue weighted by Crippen LogP contribution is 2.34. The van der Waals surface area contributed by atoms with Gasteiger partial charge in [-0.15, -0.1) is 0 Å². The van der Waals surface area contributed by atoms with Gasteiger partial charge in [0.05, 0.1) is 5.39 Å². The Hall–Kier alpha value is -3.76. The fourth-order valence-corrected chi connectivity index (χ4v) is 4.83. The molecule has 2 aliphatic rings. The Morgan fingerprint density at radius 3 is 2.32 bits per heavy atom. The number of piperazine rings is 1. The van der Waals surface area contributed by atoms with Crippen LogP contribution >= 0.6 is 0 Å². The predicted molar refractivity (Wildman–Crippen MR) is 136 cm³/mol. The molecule has 1 saturated carbocycles. The number of anilines is 2. The molecule has 1 aliphatic carbocycles. The van der Waals surface area contributed by atoms with E-state index in [0.717, 1.165) is 31.0 Å². The van der Waals surface area contributed by atoms with Crippen LogP contribution in [0.25, 0.3) is 10.8 Å². The van der Waals surface area contributed by atoms with Gasteiger partial charge in [-0.05, 0) is 67.1 Å². The van der Waals surface area contributed by atoms with Crippen molar-refractivity contribution in [2.24, 2.45) is 7.05 Å². The first kappa shape index (κ1) is 25.9. The lowest BCUT2D eigenvalue weighted by Gasteiger charge is -2.36.